The summed E-state index contributed by atoms with van der Waals surface area (Å²) >= 11 is 0. The van der Waals surface area contributed by atoms with Gasteiger partial charge in [0, 0.05) is 25.2 Å². The van der Waals surface area contributed by atoms with Crippen LogP contribution in [0.2, 0.25) is 0 Å². The van der Waals surface area contributed by atoms with Crippen molar-refractivity contribution in [2.45, 2.75) is 89.1 Å². The highest BCUT2D eigenvalue weighted by Gasteiger charge is 2.31. The van der Waals surface area contributed by atoms with Crippen LogP contribution in [0.3, 0.4) is 0 Å². The van der Waals surface area contributed by atoms with E-state index in [0.29, 0.717) is 24.5 Å². The number of rotatable bonds is 4. The number of likely N-dealkylation sites (tertiary alicyclic amines) is 1. The van der Waals surface area contributed by atoms with Crippen LogP contribution in [0.15, 0.2) is 0 Å². The average molecular weight is 292 g/mol. The highest BCUT2D eigenvalue weighted by molar-refractivity contribution is 5.78. The van der Waals surface area contributed by atoms with Crippen molar-refractivity contribution in [3.05, 3.63) is 0 Å². The van der Waals surface area contributed by atoms with Crippen LogP contribution in [0.1, 0.15) is 77.0 Å². The second kappa shape index (κ2) is 7.62. The fraction of sp³-hybridized carbons (Fsp3) is 0.944. The van der Waals surface area contributed by atoms with Crippen LogP contribution in [0, 0.1) is 0 Å². The Morgan fingerprint density at radius 2 is 1.24 bits per heavy atom. The predicted octanol–water partition coefficient (Wildman–Crippen LogP) is 3.58. The lowest BCUT2D eigenvalue weighted by molar-refractivity contribution is -0.133. The minimum Gasteiger partial charge on any atom is -0.342 e. The Labute approximate surface area is 130 Å². The van der Waals surface area contributed by atoms with Crippen molar-refractivity contribution in [2.75, 3.05) is 19.6 Å². The van der Waals surface area contributed by atoms with E-state index in [1.54, 1.807) is 0 Å². The quantitative estimate of drug-likeness (QED) is 0.791. The molecular formula is C18H32N2O. The molecule has 1 heterocycles. The normalized spacial score (nSPS) is 25.7. The molecule has 3 aliphatic rings. The summed E-state index contributed by atoms with van der Waals surface area (Å²) < 4.78 is 0. The second-order valence-corrected chi connectivity index (χ2v) is 7.34. The molecule has 0 unspecified atom stereocenters. The SMILES string of the molecule is O=C(CN(C1CCCCC1)C1CCCCC1)N1CCCC1. The third-order valence-electron chi connectivity index (χ3n) is 5.86. The molecule has 0 bridgehead atoms. The molecule has 0 aromatic rings. The van der Waals surface area contributed by atoms with Crippen LogP contribution >= 0.6 is 0 Å². The summed E-state index contributed by atoms with van der Waals surface area (Å²) in [4.78, 5) is 17.4. The maximum Gasteiger partial charge on any atom is 0.236 e. The number of hydrogen-bond acceptors (Lipinski definition) is 2. The van der Waals surface area contributed by atoms with Crippen molar-refractivity contribution in [3.8, 4) is 0 Å². The minimum atomic E-state index is 0.406. The third kappa shape index (κ3) is 4.00. The summed E-state index contributed by atoms with van der Waals surface area (Å²) in [6.45, 7) is 2.71. The number of carbonyl (C=O) groups is 1. The molecule has 3 fully saturated rings. The van der Waals surface area contributed by atoms with E-state index in [2.05, 4.69) is 9.80 Å². The average Bonchev–Trinajstić information content (AvgIpc) is 3.09. The lowest BCUT2D eigenvalue weighted by Crippen LogP contribution is -2.50. The molecule has 1 saturated heterocycles. The topological polar surface area (TPSA) is 23.6 Å². The van der Waals surface area contributed by atoms with Crippen molar-refractivity contribution < 1.29 is 4.79 Å². The fourth-order valence-electron chi connectivity index (χ4n) is 4.60. The smallest absolute Gasteiger partial charge is 0.236 e. The van der Waals surface area contributed by atoms with Crippen LogP contribution in [0.25, 0.3) is 0 Å². The summed E-state index contributed by atoms with van der Waals surface area (Å²) in [6.07, 6.45) is 16.0. The monoisotopic (exact) mass is 292 g/mol. The van der Waals surface area contributed by atoms with Gasteiger partial charge in [0.1, 0.15) is 0 Å². The van der Waals surface area contributed by atoms with Crippen LogP contribution in [-0.2, 0) is 4.79 Å². The summed E-state index contributed by atoms with van der Waals surface area (Å²) in [5, 5.41) is 0. The Bertz CT molecular complexity index is 308. The molecule has 2 aliphatic carbocycles. The molecular weight excluding hydrogens is 260 g/mol. The van der Waals surface area contributed by atoms with Crippen LogP contribution < -0.4 is 0 Å². The summed E-state index contributed by atoms with van der Waals surface area (Å²) in [5.74, 6) is 0.406. The number of carbonyl (C=O) groups excluding carboxylic acids is 1. The molecule has 0 radical (unpaired) electrons. The van der Waals surface area contributed by atoms with E-state index in [4.69, 9.17) is 0 Å². The van der Waals surface area contributed by atoms with Gasteiger partial charge in [-0.3, -0.25) is 9.69 Å². The lowest BCUT2D eigenvalue weighted by Gasteiger charge is -2.41. The van der Waals surface area contributed by atoms with E-state index in [9.17, 15) is 4.79 Å². The molecule has 1 amide bonds. The van der Waals surface area contributed by atoms with Crippen molar-refractivity contribution in [1.82, 2.24) is 9.80 Å². The number of nitrogens with zero attached hydrogens (tertiary/aromatic N) is 2. The molecule has 120 valence electrons. The van der Waals surface area contributed by atoms with E-state index in [1.165, 1.54) is 77.0 Å². The van der Waals surface area contributed by atoms with Crippen molar-refractivity contribution in [1.29, 1.82) is 0 Å². The Kier molecular flexibility index (Phi) is 5.56. The molecule has 1 aliphatic heterocycles. The predicted molar refractivity (Wildman–Crippen MR) is 86.3 cm³/mol. The first kappa shape index (κ1) is 15.3. The fourth-order valence-corrected chi connectivity index (χ4v) is 4.60. The molecule has 0 aromatic heterocycles. The van der Waals surface area contributed by atoms with E-state index in [-0.39, 0.29) is 0 Å². The molecule has 0 N–H and O–H groups in total. The molecule has 21 heavy (non-hydrogen) atoms. The largest absolute Gasteiger partial charge is 0.342 e. The molecule has 0 aromatic carbocycles. The van der Waals surface area contributed by atoms with Gasteiger partial charge < -0.3 is 4.90 Å². The highest BCUT2D eigenvalue weighted by Crippen LogP contribution is 2.30. The Morgan fingerprint density at radius 3 is 1.71 bits per heavy atom. The third-order valence-corrected chi connectivity index (χ3v) is 5.86. The first-order chi connectivity index (χ1) is 10.3. The van der Waals surface area contributed by atoms with Gasteiger partial charge in [0.05, 0.1) is 6.54 Å². The second-order valence-electron chi connectivity index (χ2n) is 7.34. The first-order valence-corrected chi connectivity index (χ1v) is 9.38. The number of amides is 1. The summed E-state index contributed by atoms with van der Waals surface area (Å²) in [5.41, 5.74) is 0. The van der Waals surface area contributed by atoms with E-state index in [0.717, 1.165) is 13.1 Å². The van der Waals surface area contributed by atoms with Gasteiger partial charge in [0.15, 0.2) is 0 Å². The molecule has 2 saturated carbocycles. The van der Waals surface area contributed by atoms with Gasteiger partial charge in [-0.25, -0.2) is 0 Å². The number of hydrogen-bond donors (Lipinski definition) is 0. The van der Waals surface area contributed by atoms with Crippen molar-refractivity contribution in [3.63, 3.8) is 0 Å². The highest BCUT2D eigenvalue weighted by atomic mass is 16.2. The first-order valence-electron chi connectivity index (χ1n) is 9.38. The molecule has 0 spiro atoms. The maximum atomic E-state index is 12.6. The summed E-state index contributed by atoms with van der Waals surface area (Å²) in [6, 6.07) is 1.38. The minimum absolute atomic E-state index is 0.406. The van der Waals surface area contributed by atoms with Gasteiger partial charge in [-0.2, -0.15) is 0 Å². The van der Waals surface area contributed by atoms with Gasteiger partial charge in [-0.15, -0.1) is 0 Å². The molecule has 0 atom stereocenters. The van der Waals surface area contributed by atoms with E-state index in [1.807, 2.05) is 0 Å². The zero-order valence-corrected chi connectivity index (χ0v) is 13.6. The molecule has 3 rings (SSSR count). The van der Waals surface area contributed by atoms with Crippen LogP contribution in [0.5, 0.6) is 0 Å². The lowest BCUT2D eigenvalue weighted by atomic mass is 9.88. The molecule has 3 nitrogen and oxygen atoms in total. The maximum absolute atomic E-state index is 12.6. The Morgan fingerprint density at radius 1 is 0.762 bits per heavy atom. The Balaban J connectivity index is 1.63. The van der Waals surface area contributed by atoms with Crippen molar-refractivity contribution >= 4 is 5.91 Å². The van der Waals surface area contributed by atoms with Gasteiger partial charge in [-0.1, -0.05) is 38.5 Å². The standard InChI is InChI=1S/C18H32N2O/c21-18(19-13-7-8-14-19)15-20(16-9-3-1-4-10-16)17-11-5-2-6-12-17/h16-17H,1-15H2. The van der Waals surface area contributed by atoms with Gasteiger partial charge in [0.25, 0.3) is 0 Å². The summed E-state index contributed by atoms with van der Waals surface area (Å²) in [7, 11) is 0. The van der Waals surface area contributed by atoms with E-state index < -0.39 is 0 Å². The van der Waals surface area contributed by atoms with Gasteiger partial charge in [-0.05, 0) is 38.5 Å². The zero-order chi connectivity index (χ0) is 14.5. The van der Waals surface area contributed by atoms with Crippen molar-refractivity contribution in [2.24, 2.45) is 0 Å². The van der Waals surface area contributed by atoms with Gasteiger partial charge >= 0.3 is 0 Å². The molecule has 3 heteroatoms. The van der Waals surface area contributed by atoms with E-state index >= 15 is 0 Å². The van der Waals surface area contributed by atoms with Crippen LogP contribution in [-0.4, -0.2) is 47.4 Å². The Hall–Kier alpha value is -0.570. The zero-order valence-electron chi connectivity index (χ0n) is 13.6. The van der Waals surface area contributed by atoms with Gasteiger partial charge in [0.2, 0.25) is 5.91 Å². The van der Waals surface area contributed by atoms with Crippen LogP contribution in [0.4, 0.5) is 0 Å².